The first kappa shape index (κ1) is 39.2. The van der Waals surface area contributed by atoms with Crippen molar-refractivity contribution in [3.05, 3.63) is 71.0 Å². The number of hydrogen-bond donors (Lipinski definition) is 4. The maximum absolute atomic E-state index is 13.9. The SMILES string of the molecule is N[C@@H](CC(=O)N[C@H]1C[C@@H](C(=O)[O-])N(C(=O)[C@H](CO)N[C@@H](CCc2ccccc2)C(=O)[O-])C1)Cc1cc(F)c(F)cc1F.[Li+].[Li+]. The topological polar surface area (TPSA) is 188 Å². The molecule has 44 heavy (non-hydrogen) atoms. The summed E-state index contributed by atoms with van der Waals surface area (Å²) in [4.78, 5) is 50.1. The van der Waals surface area contributed by atoms with E-state index in [0.717, 1.165) is 10.5 Å². The quantitative estimate of drug-likeness (QED) is 0.120. The second-order valence-electron chi connectivity index (χ2n) is 10.1. The van der Waals surface area contributed by atoms with E-state index in [2.05, 4.69) is 10.6 Å². The van der Waals surface area contributed by atoms with Gasteiger partial charge in [-0.2, -0.15) is 0 Å². The Labute approximate surface area is 276 Å². The molecule has 2 aromatic carbocycles. The minimum atomic E-state index is -1.62. The molecule has 2 amide bonds. The third-order valence-corrected chi connectivity index (χ3v) is 6.97. The van der Waals surface area contributed by atoms with Crippen LogP contribution >= 0.6 is 0 Å². The molecule has 0 unspecified atom stereocenters. The van der Waals surface area contributed by atoms with Gasteiger partial charge in [0.15, 0.2) is 11.6 Å². The van der Waals surface area contributed by atoms with E-state index in [1.165, 1.54) is 0 Å². The summed E-state index contributed by atoms with van der Waals surface area (Å²) in [5, 5.41) is 38.4. The van der Waals surface area contributed by atoms with E-state index in [1.54, 1.807) is 30.3 Å². The summed E-state index contributed by atoms with van der Waals surface area (Å²) in [6, 6.07) is 3.76. The van der Waals surface area contributed by atoms with Crippen molar-refractivity contribution in [3.63, 3.8) is 0 Å². The fourth-order valence-corrected chi connectivity index (χ4v) is 4.88. The van der Waals surface area contributed by atoms with E-state index in [-0.39, 0.29) is 75.5 Å². The summed E-state index contributed by atoms with van der Waals surface area (Å²) in [6.45, 7) is -1.15. The largest absolute Gasteiger partial charge is 1.00 e. The molecule has 0 aromatic heterocycles. The Morgan fingerprint density at radius 2 is 1.64 bits per heavy atom. The van der Waals surface area contributed by atoms with Crippen molar-refractivity contribution in [2.45, 2.75) is 62.3 Å². The predicted molar refractivity (Wildman–Crippen MR) is 137 cm³/mol. The number of nitrogens with one attached hydrogen (secondary N) is 2. The van der Waals surface area contributed by atoms with Gasteiger partial charge in [-0.05, 0) is 42.9 Å². The molecule has 1 saturated heterocycles. The number of amides is 2. The fraction of sp³-hybridized carbons (Fsp3) is 0.429. The van der Waals surface area contributed by atoms with Gasteiger partial charge in [-0.15, -0.1) is 0 Å². The Balaban J connectivity index is 0.00000484. The fourth-order valence-electron chi connectivity index (χ4n) is 4.88. The third kappa shape index (κ3) is 11.0. The molecule has 0 bridgehead atoms. The van der Waals surface area contributed by atoms with Crippen molar-refractivity contribution >= 4 is 23.8 Å². The molecule has 1 aliphatic rings. The number of aliphatic hydroxyl groups excluding tert-OH is 1. The predicted octanol–water partition coefficient (Wildman–Crippen LogP) is -8.09. The molecule has 0 radical (unpaired) electrons. The Bertz CT molecular complexity index is 1300. The van der Waals surface area contributed by atoms with Crippen LogP contribution in [0.2, 0.25) is 0 Å². The number of nitrogens with zero attached hydrogens (tertiary/aromatic N) is 1. The second-order valence-corrected chi connectivity index (χ2v) is 10.1. The minimum Gasteiger partial charge on any atom is -0.548 e. The van der Waals surface area contributed by atoms with Crippen LogP contribution in [0.3, 0.4) is 0 Å². The number of hydrogen-bond acceptors (Lipinski definition) is 9. The normalized spacial score (nSPS) is 17.9. The first-order chi connectivity index (χ1) is 19.9. The Kier molecular flexibility index (Phi) is 16.2. The number of aryl methyl sites for hydroxylation is 1. The summed E-state index contributed by atoms with van der Waals surface area (Å²) >= 11 is 0. The Hall–Kier alpha value is -2.82. The van der Waals surface area contributed by atoms with Crippen LogP contribution in [0.15, 0.2) is 42.5 Å². The van der Waals surface area contributed by atoms with E-state index in [1.807, 2.05) is 0 Å². The van der Waals surface area contributed by atoms with Crippen LogP contribution in [-0.4, -0.2) is 77.1 Å². The molecule has 3 rings (SSSR count). The summed E-state index contributed by atoms with van der Waals surface area (Å²) < 4.78 is 40.5. The van der Waals surface area contributed by atoms with Gasteiger partial charge in [-0.3, -0.25) is 14.9 Å². The number of benzene rings is 2. The summed E-state index contributed by atoms with van der Waals surface area (Å²) in [7, 11) is 0. The van der Waals surface area contributed by atoms with Crippen molar-refractivity contribution in [2.24, 2.45) is 5.73 Å². The molecule has 1 aliphatic heterocycles. The number of carbonyl (C=O) groups excluding carboxylic acids is 4. The monoisotopic (exact) mass is 606 g/mol. The maximum Gasteiger partial charge on any atom is 1.00 e. The number of aliphatic hydroxyl groups is 1. The van der Waals surface area contributed by atoms with Crippen molar-refractivity contribution in [1.29, 1.82) is 0 Å². The van der Waals surface area contributed by atoms with E-state index in [9.17, 15) is 47.7 Å². The number of rotatable bonds is 14. The molecule has 5 atom stereocenters. The molecule has 5 N–H and O–H groups in total. The number of carboxylic acid groups (broad SMARTS) is 2. The number of halogens is 3. The number of carboxylic acids is 2. The van der Waals surface area contributed by atoms with Crippen LogP contribution in [0.4, 0.5) is 13.2 Å². The van der Waals surface area contributed by atoms with Gasteiger partial charge >= 0.3 is 37.7 Å². The number of nitrogens with two attached hydrogens (primary N) is 1. The zero-order chi connectivity index (χ0) is 31.0. The number of likely N-dealkylation sites (tertiary alicyclic amines) is 1. The standard InChI is InChI=1S/C28H33F3N4O7.2Li/c29-19-12-21(31)20(30)9-16(19)8-17(32)10-25(37)33-18-11-24(28(41)42)35(13-18)26(38)23(14-36)34-22(27(39)40)7-6-15-4-2-1-3-5-15;;/h1-5,9,12,17-18,22-24,34,36H,6-8,10-11,13-14,32H2,(H,33,37)(H,39,40)(H,41,42);;/q;2*+1/p-2/t17-,18+,22+,23+,24+;;/m1../s1. The van der Waals surface area contributed by atoms with Gasteiger partial charge in [0.25, 0.3) is 0 Å². The van der Waals surface area contributed by atoms with Crippen LogP contribution in [0.25, 0.3) is 0 Å². The van der Waals surface area contributed by atoms with Gasteiger partial charge in [-0.25, -0.2) is 13.2 Å². The van der Waals surface area contributed by atoms with Crippen molar-refractivity contribution in [2.75, 3.05) is 13.2 Å². The van der Waals surface area contributed by atoms with Crippen molar-refractivity contribution in [1.82, 2.24) is 15.5 Å². The second kappa shape index (κ2) is 18.2. The average molecular weight is 606 g/mol. The zero-order valence-corrected chi connectivity index (χ0v) is 24.4. The third-order valence-electron chi connectivity index (χ3n) is 6.97. The van der Waals surface area contributed by atoms with Gasteiger partial charge in [0.05, 0.1) is 24.6 Å². The average Bonchev–Trinajstić information content (AvgIpc) is 3.35. The Morgan fingerprint density at radius 3 is 2.23 bits per heavy atom. The summed E-state index contributed by atoms with van der Waals surface area (Å²) in [6.07, 6.45) is -0.574. The first-order valence-corrected chi connectivity index (χ1v) is 13.2. The molecule has 11 nitrogen and oxygen atoms in total. The van der Waals surface area contributed by atoms with Gasteiger partial charge in [0.2, 0.25) is 11.8 Å². The van der Waals surface area contributed by atoms with Crippen molar-refractivity contribution < 1.29 is 85.4 Å². The van der Waals surface area contributed by atoms with Crippen LogP contribution in [0, 0.1) is 17.5 Å². The number of carbonyl (C=O) groups is 4. The molecular formula is C28H31F3Li2N4O7. The number of aliphatic carboxylic acids is 2. The molecule has 228 valence electrons. The van der Waals surface area contributed by atoms with Gasteiger partial charge in [0, 0.05) is 37.2 Å². The van der Waals surface area contributed by atoms with Gasteiger partial charge < -0.3 is 40.9 Å². The summed E-state index contributed by atoms with van der Waals surface area (Å²) in [5.74, 6) is -8.39. The zero-order valence-electron chi connectivity index (χ0n) is 24.4. The molecule has 0 aliphatic carbocycles. The van der Waals surface area contributed by atoms with Crippen LogP contribution < -0.4 is 64.3 Å². The molecular weight excluding hydrogens is 575 g/mol. The van der Waals surface area contributed by atoms with E-state index in [0.29, 0.717) is 18.6 Å². The van der Waals surface area contributed by atoms with Gasteiger partial charge in [0.1, 0.15) is 11.9 Å². The smallest absolute Gasteiger partial charge is 0.548 e. The van der Waals surface area contributed by atoms with Crippen LogP contribution in [-0.2, 0) is 32.0 Å². The molecule has 16 heteroatoms. The molecule has 2 aromatic rings. The minimum absolute atomic E-state index is 0. The molecule has 1 heterocycles. The van der Waals surface area contributed by atoms with Crippen LogP contribution in [0.5, 0.6) is 0 Å². The van der Waals surface area contributed by atoms with E-state index < -0.39 is 78.0 Å². The molecule has 0 saturated carbocycles. The molecule has 0 spiro atoms. The first-order valence-electron chi connectivity index (χ1n) is 13.2. The van der Waals surface area contributed by atoms with E-state index >= 15 is 0 Å². The Morgan fingerprint density at radius 1 is 1.00 bits per heavy atom. The summed E-state index contributed by atoms with van der Waals surface area (Å²) in [5.41, 5.74) is 6.48. The van der Waals surface area contributed by atoms with Gasteiger partial charge in [-0.1, -0.05) is 30.3 Å². The van der Waals surface area contributed by atoms with E-state index in [4.69, 9.17) is 5.73 Å². The maximum atomic E-state index is 13.9. The van der Waals surface area contributed by atoms with Crippen molar-refractivity contribution in [3.8, 4) is 0 Å². The molecule has 1 fully saturated rings. The van der Waals surface area contributed by atoms with Crippen LogP contribution in [0.1, 0.15) is 30.4 Å².